The van der Waals surface area contributed by atoms with Crippen molar-refractivity contribution in [3.63, 3.8) is 0 Å². The summed E-state index contributed by atoms with van der Waals surface area (Å²) in [6.45, 7) is 1.46. The van der Waals surface area contributed by atoms with Crippen LogP contribution in [-0.2, 0) is 10.6 Å². The zero-order valence-electron chi connectivity index (χ0n) is 22.4. The van der Waals surface area contributed by atoms with E-state index >= 15 is 0 Å². The van der Waals surface area contributed by atoms with Crippen LogP contribution in [0.25, 0.3) is 0 Å². The van der Waals surface area contributed by atoms with Gasteiger partial charge < -0.3 is 19.6 Å². The van der Waals surface area contributed by atoms with Gasteiger partial charge >= 0.3 is 0 Å². The zero-order valence-corrected chi connectivity index (χ0v) is 24.8. The third-order valence-electron chi connectivity index (χ3n) is 6.31. The summed E-state index contributed by atoms with van der Waals surface area (Å²) in [6.07, 6.45) is 6.54. The maximum absolute atomic E-state index is 13.3. The largest absolute Gasteiger partial charge is 0.395 e. The SMILES string of the molecule is CN(C)CCCON=C(c1ccccc1)c1cccc(NC(=O)c2ccn3c2CSC3c2cccnc2)c1.Cl.Cl. The van der Waals surface area contributed by atoms with Gasteiger partial charge in [-0.3, -0.25) is 9.78 Å². The molecule has 10 heteroatoms. The van der Waals surface area contributed by atoms with E-state index in [2.05, 4.69) is 31.0 Å². The summed E-state index contributed by atoms with van der Waals surface area (Å²) in [5.41, 5.74) is 6.10. The highest BCUT2D eigenvalue weighted by atomic mass is 35.5. The first-order chi connectivity index (χ1) is 18.6. The van der Waals surface area contributed by atoms with Crippen LogP contribution in [0, 0.1) is 0 Å². The van der Waals surface area contributed by atoms with Gasteiger partial charge in [-0.1, -0.05) is 53.7 Å². The van der Waals surface area contributed by atoms with Gasteiger partial charge in [0.15, 0.2) is 0 Å². The molecule has 1 aliphatic heterocycles. The quantitative estimate of drug-likeness (QED) is 0.128. The number of carbonyl (C=O) groups is 1. The number of anilines is 1. The van der Waals surface area contributed by atoms with Gasteiger partial charge in [0.2, 0.25) is 0 Å². The fraction of sp³-hybridized carbons (Fsp3) is 0.233. The van der Waals surface area contributed by atoms with Gasteiger partial charge in [-0.25, -0.2) is 0 Å². The van der Waals surface area contributed by atoms with Crippen LogP contribution in [0.3, 0.4) is 0 Å². The number of nitrogens with one attached hydrogen (secondary N) is 1. The molecule has 1 N–H and O–H groups in total. The first-order valence-corrected chi connectivity index (χ1v) is 13.7. The second kappa shape index (κ2) is 14.9. The molecule has 7 nitrogen and oxygen atoms in total. The minimum atomic E-state index is -0.124. The topological polar surface area (TPSA) is 71.8 Å². The fourth-order valence-corrected chi connectivity index (χ4v) is 5.75. The highest BCUT2D eigenvalue weighted by Gasteiger charge is 2.28. The zero-order chi connectivity index (χ0) is 26.3. The third kappa shape index (κ3) is 7.46. The van der Waals surface area contributed by atoms with E-state index in [9.17, 15) is 4.79 Å². The van der Waals surface area contributed by atoms with Crippen LogP contribution >= 0.6 is 36.6 Å². The molecular weight excluding hydrogens is 565 g/mol. The molecule has 0 fully saturated rings. The number of carbonyl (C=O) groups excluding carboxylic acids is 1. The molecule has 0 spiro atoms. The van der Waals surface area contributed by atoms with Gasteiger partial charge in [-0.05, 0) is 44.8 Å². The van der Waals surface area contributed by atoms with Crippen LogP contribution in [-0.4, -0.2) is 53.3 Å². The maximum atomic E-state index is 13.3. The van der Waals surface area contributed by atoms with Crippen molar-refractivity contribution in [3.8, 4) is 0 Å². The van der Waals surface area contributed by atoms with E-state index in [1.54, 1.807) is 18.0 Å². The van der Waals surface area contributed by atoms with Crippen LogP contribution in [0.4, 0.5) is 5.69 Å². The molecule has 5 rings (SSSR count). The number of thioether (sulfide) groups is 1. The number of nitrogens with zero attached hydrogens (tertiary/aromatic N) is 4. The average Bonchev–Trinajstić information content (AvgIpc) is 3.54. The first kappa shape index (κ1) is 31.2. The number of benzene rings is 2. The van der Waals surface area contributed by atoms with Crippen molar-refractivity contribution in [2.45, 2.75) is 17.5 Å². The molecule has 2 aromatic heterocycles. The molecule has 3 heterocycles. The Morgan fingerprint density at radius 1 is 1.07 bits per heavy atom. The minimum absolute atomic E-state index is 0. The third-order valence-corrected chi connectivity index (χ3v) is 7.56. The van der Waals surface area contributed by atoms with Gasteiger partial charge in [-0.2, -0.15) is 0 Å². The van der Waals surface area contributed by atoms with E-state index < -0.39 is 0 Å². The molecule has 4 aromatic rings. The summed E-state index contributed by atoms with van der Waals surface area (Å²) in [7, 11) is 4.08. The summed E-state index contributed by atoms with van der Waals surface area (Å²) in [6, 6.07) is 23.6. The van der Waals surface area contributed by atoms with Crippen molar-refractivity contribution in [2.24, 2.45) is 5.16 Å². The smallest absolute Gasteiger partial charge is 0.257 e. The van der Waals surface area contributed by atoms with Crippen LogP contribution in [0.5, 0.6) is 0 Å². The van der Waals surface area contributed by atoms with Gasteiger partial charge in [0.05, 0.1) is 5.56 Å². The Kier molecular flexibility index (Phi) is 11.6. The van der Waals surface area contributed by atoms with E-state index in [4.69, 9.17) is 4.84 Å². The van der Waals surface area contributed by atoms with Crippen molar-refractivity contribution in [2.75, 3.05) is 32.6 Å². The standard InChI is InChI=1S/C30H31N5O2S.2ClH/c1-34(2)16-8-18-37-33-28(22-9-4-3-5-10-22)23-11-6-13-25(19-23)32-29(36)26-14-17-35-27(26)21-38-30(35)24-12-7-15-31-20-24;;/h3-7,9-15,17,19-20,30H,8,16,18,21H2,1-2H3,(H,32,36);2*1H. The average molecular weight is 599 g/mol. The van der Waals surface area contributed by atoms with Crippen LogP contribution in [0.1, 0.15) is 44.5 Å². The number of amides is 1. The summed E-state index contributed by atoms with van der Waals surface area (Å²) in [5.74, 6) is 0.646. The molecule has 1 unspecified atom stereocenters. The lowest BCUT2D eigenvalue weighted by molar-refractivity contribution is 0.102. The Morgan fingerprint density at radius 2 is 1.88 bits per heavy atom. The summed E-state index contributed by atoms with van der Waals surface area (Å²) >= 11 is 1.80. The van der Waals surface area contributed by atoms with Gasteiger partial charge in [-0.15, -0.1) is 36.6 Å². The summed E-state index contributed by atoms with van der Waals surface area (Å²) in [4.78, 5) is 25.4. The molecule has 2 aromatic carbocycles. The highest BCUT2D eigenvalue weighted by molar-refractivity contribution is 7.99. The van der Waals surface area contributed by atoms with Crippen molar-refractivity contribution in [3.05, 3.63) is 119 Å². The van der Waals surface area contributed by atoms with E-state index in [1.807, 2.05) is 93.2 Å². The summed E-state index contributed by atoms with van der Waals surface area (Å²) in [5, 5.41) is 7.71. The van der Waals surface area contributed by atoms with Crippen LogP contribution in [0.2, 0.25) is 0 Å². The van der Waals surface area contributed by atoms with E-state index in [-0.39, 0.29) is 36.1 Å². The molecule has 1 amide bonds. The number of fused-ring (bicyclic) bond motifs is 1. The van der Waals surface area contributed by atoms with E-state index in [0.717, 1.165) is 46.8 Å². The molecule has 0 bridgehead atoms. The van der Waals surface area contributed by atoms with Crippen molar-refractivity contribution >= 4 is 53.9 Å². The van der Waals surface area contributed by atoms with Gasteiger partial charge in [0.25, 0.3) is 5.91 Å². The number of halogens is 2. The Hall–Kier alpha value is -3.30. The monoisotopic (exact) mass is 597 g/mol. The van der Waals surface area contributed by atoms with E-state index in [1.165, 1.54) is 0 Å². The Bertz CT molecular complexity index is 1410. The Labute approximate surface area is 251 Å². The number of hydrogen-bond acceptors (Lipinski definition) is 6. The van der Waals surface area contributed by atoms with Crippen molar-refractivity contribution in [1.82, 2.24) is 14.5 Å². The number of pyridine rings is 1. The van der Waals surface area contributed by atoms with Crippen molar-refractivity contribution in [1.29, 1.82) is 0 Å². The normalized spacial score (nSPS) is 14.2. The lowest BCUT2D eigenvalue weighted by Gasteiger charge is -2.12. The van der Waals surface area contributed by atoms with Gasteiger partial charge in [0, 0.05) is 59.0 Å². The molecule has 1 atom stereocenters. The van der Waals surface area contributed by atoms with E-state index in [0.29, 0.717) is 17.9 Å². The Balaban J connectivity index is 0.00000220. The minimum Gasteiger partial charge on any atom is -0.395 e. The number of hydrogen-bond donors (Lipinski definition) is 1. The molecule has 0 radical (unpaired) electrons. The van der Waals surface area contributed by atoms with Gasteiger partial charge in [0.1, 0.15) is 17.7 Å². The lowest BCUT2D eigenvalue weighted by atomic mass is 10.0. The molecule has 0 saturated carbocycles. The predicted molar refractivity (Wildman–Crippen MR) is 168 cm³/mol. The molecule has 1 aliphatic rings. The molecule has 0 saturated heterocycles. The fourth-order valence-electron chi connectivity index (χ4n) is 4.44. The summed E-state index contributed by atoms with van der Waals surface area (Å²) < 4.78 is 2.17. The van der Waals surface area contributed by atoms with Crippen LogP contribution in [0.15, 0.2) is 96.5 Å². The number of rotatable bonds is 10. The maximum Gasteiger partial charge on any atom is 0.257 e. The predicted octanol–water partition coefficient (Wildman–Crippen LogP) is 6.49. The molecular formula is C30H33Cl2N5O2S. The first-order valence-electron chi connectivity index (χ1n) is 12.6. The molecule has 40 heavy (non-hydrogen) atoms. The Morgan fingerprint density at radius 3 is 2.62 bits per heavy atom. The molecule has 210 valence electrons. The highest BCUT2D eigenvalue weighted by Crippen LogP contribution is 2.42. The van der Waals surface area contributed by atoms with Crippen LogP contribution < -0.4 is 5.32 Å². The number of oxime groups is 1. The second-order valence-electron chi connectivity index (χ2n) is 9.36. The number of aromatic nitrogens is 2. The van der Waals surface area contributed by atoms with Crippen molar-refractivity contribution < 1.29 is 9.63 Å². The second-order valence-corrected chi connectivity index (χ2v) is 10.4. The molecule has 0 aliphatic carbocycles. The lowest BCUT2D eigenvalue weighted by Crippen LogP contribution is -2.15.